The Bertz CT molecular complexity index is 69.6. The summed E-state index contributed by atoms with van der Waals surface area (Å²) in [5.74, 6) is 5.13. The van der Waals surface area contributed by atoms with Crippen molar-refractivity contribution in [2.24, 2.45) is 5.84 Å². The molecule has 0 atom stereocenters. The van der Waals surface area contributed by atoms with E-state index < -0.39 is 0 Å². The summed E-state index contributed by atoms with van der Waals surface area (Å²) in [5, 5.41) is 0. The zero-order chi connectivity index (χ0) is 5.82. The molecular weight excluding hydrogens is 549 g/mol. The Morgan fingerprint density at radius 3 is 1.73 bits per heavy atom. The van der Waals surface area contributed by atoms with Gasteiger partial charge in [0.1, 0.15) is 0 Å². The summed E-state index contributed by atoms with van der Waals surface area (Å²) in [4.78, 5) is 0. The minimum absolute atomic E-state index is 0. The summed E-state index contributed by atoms with van der Waals surface area (Å²) in [5.41, 5.74) is 3.75. The van der Waals surface area contributed by atoms with Crippen LogP contribution in [0.4, 0.5) is 0 Å². The second-order valence-electron chi connectivity index (χ2n) is 2.44. The third-order valence-electron chi connectivity index (χ3n) is 1.79. The van der Waals surface area contributed by atoms with Crippen LogP contribution in [0.2, 0.25) is 0 Å². The number of halogens is 2. The maximum atomic E-state index is 5.13. The molecule has 0 aromatic heterocycles. The van der Waals surface area contributed by atoms with Crippen molar-refractivity contribution in [1.29, 1.82) is 0 Å². The molecule has 1 saturated carbocycles. The van der Waals surface area contributed by atoms with Gasteiger partial charge >= 0.3 is 0 Å². The van der Waals surface area contributed by atoms with E-state index >= 15 is 0 Å². The fourth-order valence-electron chi connectivity index (χ4n) is 1.23. The van der Waals surface area contributed by atoms with Crippen LogP contribution in [0.3, 0.4) is 0 Å². The number of nitrogens with zero attached hydrogens (tertiary/aromatic N) is 1. The van der Waals surface area contributed by atoms with Crippen molar-refractivity contribution in [3.05, 3.63) is 5.43 Å². The van der Waals surface area contributed by atoms with Gasteiger partial charge in [-0.1, -0.05) is 32.1 Å². The Morgan fingerprint density at radius 1 is 1.00 bits per heavy atom. The van der Waals surface area contributed by atoms with E-state index in [1.807, 2.05) is 0 Å². The second-order valence-corrected chi connectivity index (χ2v) is 2.44. The van der Waals surface area contributed by atoms with Crippen LogP contribution < -0.4 is 5.84 Å². The molecule has 1 aliphatic rings. The quantitative estimate of drug-likeness (QED) is 0.298. The van der Waals surface area contributed by atoms with Crippen LogP contribution in [0, 0.1) is 0 Å². The zero-order valence-corrected chi connectivity index (χ0v) is 13.2. The smallest absolute Gasteiger partial charge is 0 e. The van der Waals surface area contributed by atoms with E-state index in [0.29, 0.717) is 6.04 Å². The van der Waals surface area contributed by atoms with Crippen LogP contribution in [-0.4, -0.2) is 6.04 Å². The van der Waals surface area contributed by atoms with Crippen molar-refractivity contribution in [3.8, 4) is 0 Å². The number of rotatable bonds is 1. The summed E-state index contributed by atoms with van der Waals surface area (Å²) < 4.78 is 0. The molecule has 2 nitrogen and oxygen atoms in total. The van der Waals surface area contributed by atoms with Gasteiger partial charge in [0.05, 0.1) is 0 Å². The topological polar surface area (TPSA) is 40.1 Å². The van der Waals surface area contributed by atoms with E-state index in [2.05, 4.69) is 5.43 Å². The summed E-state index contributed by atoms with van der Waals surface area (Å²) in [6, 6.07) is 0.490. The molecule has 0 unspecified atom stereocenters. The average Bonchev–Trinajstić information content (AvgIpc) is 1.90. The van der Waals surface area contributed by atoms with Gasteiger partial charge in [-0.05, 0) is 0 Å². The van der Waals surface area contributed by atoms with Gasteiger partial charge < -0.3 is 11.3 Å². The standard InChI is InChI=1S/C6H13N2.2HI.Pt/c7-8-6-4-2-1-3-5-6;;;/h6H,1-5,7H2;2*1H;/q-1;;;. The molecule has 5 heteroatoms. The molecular formula is C6H15I2N2Pt-. The van der Waals surface area contributed by atoms with Crippen LogP contribution in [0.1, 0.15) is 32.1 Å². The van der Waals surface area contributed by atoms with Crippen molar-refractivity contribution in [1.82, 2.24) is 0 Å². The number of hydrogen-bond donors (Lipinski definition) is 1. The molecule has 0 aromatic rings. The normalized spacial score (nSPS) is 17.2. The van der Waals surface area contributed by atoms with Crippen LogP contribution in [0.25, 0.3) is 5.43 Å². The fourth-order valence-corrected chi connectivity index (χ4v) is 1.23. The van der Waals surface area contributed by atoms with Crippen LogP contribution in [0.5, 0.6) is 0 Å². The van der Waals surface area contributed by atoms with Gasteiger partial charge in [-0.2, -0.15) is 0 Å². The van der Waals surface area contributed by atoms with E-state index in [-0.39, 0.29) is 69.0 Å². The van der Waals surface area contributed by atoms with Gasteiger partial charge in [0, 0.05) is 21.1 Å². The van der Waals surface area contributed by atoms with Crippen LogP contribution in [-0.2, 0) is 21.1 Å². The summed E-state index contributed by atoms with van der Waals surface area (Å²) >= 11 is 0. The SMILES string of the molecule is I.I.N[N-]C1CCCCC1.[Pt]. The van der Waals surface area contributed by atoms with Gasteiger partial charge in [0.15, 0.2) is 0 Å². The van der Waals surface area contributed by atoms with Gasteiger partial charge in [-0.3, -0.25) is 0 Å². The maximum absolute atomic E-state index is 5.13. The molecule has 0 radical (unpaired) electrons. The van der Waals surface area contributed by atoms with E-state index in [4.69, 9.17) is 5.84 Å². The molecule has 0 aromatic carbocycles. The Labute approximate surface area is 117 Å². The van der Waals surface area contributed by atoms with E-state index in [9.17, 15) is 0 Å². The monoisotopic (exact) mass is 564 g/mol. The third-order valence-corrected chi connectivity index (χ3v) is 1.79. The Kier molecular flexibility index (Phi) is 20.6. The summed E-state index contributed by atoms with van der Waals surface area (Å²) in [6.07, 6.45) is 6.47. The molecule has 0 heterocycles. The first kappa shape index (κ1) is 18.8. The number of nitrogens with two attached hydrogens (primary N) is 1. The van der Waals surface area contributed by atoms with Crippen molar-refractivity contribution in [3.63, 3.8) is 0 Å². The van der Waals surface area contributed by atoms with E-state index in [1.54, 1.807) is 0 Å². The first-order valence-electron chi connectivity index (χ1n) is 3.33. The van der Waals surface area contributed by atoms with Crippen LogP contribution in [0.15, 0.2) is 0 Å². The molecule has 74 valence electrons. The molecule has 1 rings (SSSR count). The zero-order valence-electron chi connectivity index (χ0n) is 6.27. The van der Waals surface area contributed by atoms with Crippen molar-refractivity contribution >= 4 is 48.0 Å². The molecule has 0 saturated heterocycles. The molecule has 11 heavy (non-hydrogen) atoms. The minimum atomic E-state index is 0. The molecule has 0 spiro atoms. The molecule has 2 N–H and O–H groups in total. The Hall–Kier alpha value is 2.07. The fraction of sp³-hybridized carbons (Fsp3) is 1.00. The molecule has 0 bridgehead atoms. The largest absolute Gasteiger partial charge is 0.597 e. The van der Waals surface area contributed by atoms with Crippen molar-refractivity contribution in [2.75, 3.05) is 0 Å². The van der Waals surface area contributed by atoms with Gasteiger partial charge in [0.2, 0.25) is 0 Å². The van der Waals surface area contributed by atoms with Crippen LogP contribution >= 0.6 is 48.0 Å². The summed E-state index contributed by atoms with van der Waals surface area (Å²) in [7, 11) is 0. The van der Waals surface area contributed by atoms with Crippen molar-refractivity contribution < 1.29 is 21.1 Å². The molecule has 1 aliphatic carbocycles. The van der Waals surface area contributed by atoms with E-state index in [1.165, 1.54) is 32.1 Å². The summed E-state index contributed by atoms with van der Waals surface area (Å²) in [6.45, 7) is 0. The molecule has 1 fully saturated rings. The Morgan fingerprint density at radius 2 is 1.45 bits per heavy atom. The predicted octanol–water partition coefficient (Wildman–Crippen LogP) is 2.80. The molecule has 0 amide bonds. The minimum Gasteiger partial charge on any atom is -0.597 e. The average molecular weight is 564 g/mol. The Balaban J connectivity index is -0.000000213. The van der Waals surface area contributed by atoms with Crippen molar-refractivity contribution in [2.45, 2.75) is 38.1 Å². The first-order valence-corrected chi connectivity index (χ1v) is 3.33. The van der Waals surface area contributed by atoms with Gasteiger partial charge in [-0.25, -0.2) is 0 Å². The number of hydrogen-bond acceptors (Lipinski definition) is 1. The second kappa shape index (κ2) is 12.1. The maximum Gasteiger partial charge on any atom is 0 e. The van der Waals surface area contributed by atoms with Gasteiger partial charge in [-0.15, -0.1) is 54.0 Å². The van der Waals surface area contributed by atoms with Gasteiger partial charge in [0.25, 0.3) is 0 Å². The predicted molar refractivity (Wildman–Crippen MR) is 65.2 cm³/mol. The first-order chi connectivity index (χ1) is 3.93. The molecule has 0 aliphatic heterocycles. The van der Waals surface area contributed by atoms with E-state index in [0.717, 1.165) is 0 Å². The third kappa shape index (κ3) is 8.40.